The minimum absolute atomic E-state index is 0.0957. The number of aromatic nitrogens is 6. The molecule has 1 aliphatic heterocycles. The maximum Gasteiger partial charge on any atom is 0.407 e. The van der Waals surface area contributed by atoms with Gasteiger partial charge in [-0.3, -0.25) is 13.8 Å². The SMILES string of the molecule is Cc1cc(-n2nc3c(c2-n2ccn(-c4ccc5c(cnn5C)c4)c2=O)CN(C(=O)O)CC3)cc(C)c1F. The van der Waals surface area contributed by atoms with Crippen molar-refractivity contribution in [2.45, 2.75) is 26.8 Å². The second-order valence-electron chi connectivity index (χ2n) is 9.34. The molecule has 0 unspecified atom stereocenters. The van der Waals surface area contributed by atoms with Crippen molar-refractivity contribution in [1.82, 2.24) is 33.6 Å². The molecule has 0 radical (unpaired) electrons. The lowest BCUT2D eigenvalue weighted by Crippen LogP contribution is -2.35. The minimum Gasteiger partial charge on any atom is -0.465 e. The van der Waals surface area contributed by atoms with E-state index in [4.69, 9.17) is 5.10 Å². The molecule has 188 valence electrons. The first kappa shape index (κ1) is 22.8. The monoisotopic (exact) mass is 501 g/mol. The maximum absolute atomic E-state index is 14.4. The fraction of sp³-hybridized carbons (Fsp3) is 0.231. The molecule has 0 spiro atoms. The molecule has 3 aromatic heterocycles. The summed E-state index contributed by atoms with van der Waals surface area (Å²) in [4.78, 5) is 26.8. The molecule has 4 heterocycles. The lowest BCUT2D eigenvalue weighted by molar-refractivity contribution is 0.140. The molecule has 0 bridgehead atoms. The summed E-state index contributed by atoms with van der Waals surface area (Å²) in [5.41, 5.74) is 4.14. The number of halogens is 1. The first-order valence-corrected chi connectivity index (χ1v) is 11.8. The highest BCUT2D eigenvalue weighted by molar-refractivity contribution is 5.80. The Kier molecular flexibility index (Phi) is 5.04. The summed E-state index contributed by atoms with van der Waals surface area (Å²) in [6, 6.07) is 9.00. The number of nitrogens with zero attached hydrogens (tertiary/aromatic N) is 7. The van der Waals surface area contributed by atoms with Gasteiger partial charge in [0.25, 0.3) is 0 Å². The van der Waals surface area contributed by atoms with Gasteiger partial charge in [-0.1, -0.05) is 0 Å². The van der Waals surface area contributed by atoms with Crippen LogP contribution in [0.4, 0.5) is 9.18 Å². The highest BCUT2D eigenvalue weighted by Crippen LogP contribution is 2.29. The fourth-order valence-corrected chi connectivity index (χ4v) is 5.03. The zero-order chi connectivity index (χ0) is 26.0. The number of aryl methyl sites for hydroxylation is 3. The van der Waals surface area contributed by atoms with Crippen LogP contribution < -0.4 is 5.69 Å². The number of hydrogen-bond donors (Lipinski definition) is 1. The van der Waals surface area contributed by atoms with Crippen LogP contribution in [0.1, 0.15) is 22.4 Å². The molecule has 5 aromatic rings. The van der Waals surface area contributed by atoms with E-state index < -0.39 is 6.09 Å². The fourth-order valence-electron chi connectivity index (χ4n) is 5.03. The number of carboxylic acid groups (broad SMARTS) is 1. The summed E-state index contributed by atoms with van der Waals surface area (Å²) in [7, 11) is 1.86. The topological polar surface area (TPSA) is 103 Å². The zero-order valence-corrected chi connectivity index (χ0v) is 20.5. The maximum atomic E-state index is 14.4. The van der Waals surface area contributed by atoms with Crippen LogP contribution in [0.5, 0.6) is 0 Å². The molecular formula is C26H24FN7O3. The number of benzene rings is 2. The van der Waals surface area contributed by atoms with E-state index in [-0.39, 0.29) is 18.1 Å². The molecule has 0 saturated carbocycles. The highest BCUT2D eigenvalue weighted by atomic mass is 19.1. The largest absolute Gasteiger partial charge is 0.465 e. The Morgan fingerprint density at radius 2 is 1.78 bits per heavy atom. The van der Waals surface area contributed by atoms with Gasteiger partial charge in [-0.15, -0.1) is 0 Å². The number of amides is 1. The van der Waals surface area contributed by atoms with Crippen molar-refractivity contribution >= 4 is 17.0 Å². The summed E-state index contributed by atoms with van der Waals surface area (Å²) >= 11 is 0. The Bertz CT molecular complexity index is 1750. The van der Waals surface area contributed by atoms with Crippen LogP contribution in [0.2, 0.25) is 0 Å². The second-order valence-corrected chi connectivity index (χ2v) is 9.34. The van der Waals surface area contributed by atoms with Crippen molar-refractivity contribution in [3.05, 3.63) is 87.6 Å². The Hall–Kier alpha value is -4.67. The number of rotatable bonds is 3. The van der Waals surface area contributed by atoms with Gasteiger partial charge in [-0.2, -0.15) is 10.2 Å². The van der Waals surface area contributed by atoms with Gasteiger partial charge in [0.1, 0.15) is 11.6 Å². The first-order valence-electron chi connectivity index (χ1n) is 11.8. The normalized spacial score (nSPS) is 13.4. The van der Waals surface area contributed by atoms with Gasteiger partial charge in [0.2, 0.25) is 0 Å². The predicted octanol–water partition coefficient (Wildman–Crippen LogP) is 3.49. The molecule has 0 aliphatic carbocycles. The zero-order valence-electron chi connectivity index (χ0n) is 20.5. The lowest BCUT2D eigenvalue weighted by atomic mass is 10.1. The predicted molar refractivity (Wildman–Crippen MR) is 134 cm³/mol. The van der Waals surface area contributed by atoms with Crippen molar-refractivity contribution < 1.29 is 14.3 Å². The van der Waals surface area contributed by atoms with Gasteiger partial charge >= 0.3 is 11.8 Å². The van der Waals surface area contributed by atoms with Crippen LogP contribution in [0.15, 0.2) is 53.7 Å². The van der Waals surface area contributed by atoms with E-state index in [9.17, 15) is 19.1 Å². The van der Waals surface area contributed by atoms with Crippen molar-refractivity contribution in [1.29, 1.82) is 0 Å². The van der Waals surface area contributed by atoms with Crippen LogP contribution in [0.3, 0.4) is 0 Å². The summed E-state index contributed by atoms with van der Waals surface area (Å²) in [5.74, 6) is 0.144. The van der Waals surface area contributed by atoms with E-state index in [1.54, 1.807) is 53.9 Å². The van der Waals surface area contributed by atoms with Crippen molar-refractivity contribution in [2.24, 2.45) is 7.05 Å². The van der Waals surface area contributed by atoms with Crippen molar-refractivity contribution in [3.8, 4) is 17.2 Å². The molecular weight excluding hydrogens is 477 g/mol. The Morgan fingerprint density at radius 3 is 2.51 bits per heavy atom. The van der Waals surface area contributed by atoms with Crippen molar-refractivity contribution in [3.63, 3.8) is 0 Å². The Morgan fingerprint density at radius 1 is 1.05 bits per heavy atom. The number of imidazole rings is 1. The Labute approximate surface area is 210 Å². The van der Waals surface area contributed by atoms with Gasteiger partial charge < -0.3 is 10.0 Å². The molecule has 37 heavy (non-hydrogen) atoms. The summed E-state index contributed by atoms with van der Waals surface area (Å²) in [6.07, 6.45) is 4.43. The van der Waals surface area contributed by atoms with Crippen LogP contribution in [0, 0.1) is 19.7 Å². The molecule has 2 aromatic carbocycles. The van der Waals surface area contributed by atoms with Gasteiger partial charge in [-0.25, -0.2) is 18.7 Å². The van der Waals surface area contributed by atoms with E-state index >= 15 is 0 Å². The molecule has 1 aliphatic rings. The van der Waals surface area contributed by atoms with E-state index in [1.807, 2.05) is 25.2 Å². The Balaban J connectivity index is 1.55. The molecule has 1 amide bonds. The summed E-state index contributed by atoms with van der Waals surface area (Å²) in [6.45, 7) is 3.76. The lowest BCUT2D eigenvalue weighted by Gasteiger charge is -2.23. The molecule has 0 atom stereocenters. The van der Waals surface area contributed by atoms with Gasteiger partial charge in [0, 0.05) is 43.4 Å². The third kappa shape index (κ3) is 3.53. The molecule has 1 N–H and O–H groups in total. The number of hydrogen-bond acceptors (Lipinski definition) is 4. The highest BCUT2D eigenvalue weighted by Gasteiger charge is 2.30. The standard InChI is InChI=1S/C26H24FN7O3/c1-15-10-19(11-16(2)23(15)27)34-24(20-14-31(26(36)37)7-6-21(20)29-34)33-9-8-32(25(33)35)18-4-5-22-17(12-18)13-28-30(22)3/h4-5,8-13H,6-7,14H2,1-3H3,(H,36,37). The quantitative estimate of drug-likeness (QED) is 0.408. The van der Waals surface area contributed by atoms with E-state index in [0.717, 1.165) is 10.9 Å². The minimum atomic E-state index is -1.03. The number of carbonyl (C=O) groups is 1. The van der Waals surface area contributed by atoms with Crippen LogP contribution in [-0.2, 0) is 20.0 Å². The van der Waals surface area contributed by atoms with E-state index in [2.05, 4.69) is 5.10 Å². The van der Waals surface area contributed by atoms with Crippen molar-refractivity contribution in [2.75, 3.05) is 6.54 Å². The molecule has 11 heteroatoms. The average molecular weight is 502 g/mol. The van der Waals surface area contributed by atoms with Gasteiger partial charge in [0.05, 0.1) is 35.3 Å². The average Bonchev–Trinajstić information content (AvgIpc) is 3.56. The smallest absolute Gasteiger partial charge is 0.407 e. The summed E-state index contributed by atoms with van der Waals surface area (Å²) in [5, 5.41) is 19.6. The van der Waals surface area contributed by atoms with E-state index in [1.165, 1.54) is 14.0 Å². The molecule has 0 fully saturated rings. The van der Waals surface area contributed by atoms with Gasteiger partial charge in [0.15, 0.2) is 0 Å². The second kappa shape index (κ2) is 8.19. The van der Waals surface area contributed by atoms with Gasteiger partial charge in [-0.05, 0) is 55.3 Å². The van der Waals surface area contributed by atoms with Crippen LogP contribution in [-0.4, -0.2) is 51.3 Å². The van der Waals surface area contributed by atoms with Crippen LogP contribution >= 0.6 is 0 Å². The number of fused-ring (bicyclic) bond motifs is 2. The molecule has 10 nitrogen and oxygen atoms in total. The van der Waals surface area contributed by atoms with Crippen LogP contribution in [0.25, 0.3) is 28.1 Å². The molecule has 6 rings (SSSR count). The first-order chi connectivity index (χ1) is 17.7. The third-order valence-electron chi connectivity index (χ3n) is 6.96. The summed E-state index contributed by atoms with van der Waals surface area (Å²) < 4.78 is 20.8. The third-order valence-corrected chi connectivity index (χ3v) is 6.96. The molecule has 0 saturated heterocycles. The van der Waals surface area contributed by atoms with E-state index in [0.29, 0.717) is 52.5 Å².